The van der Waals surface area contributed by atoms with Crippen molar-refractivity contribution in [2.45, 2.75) is 42.5 Å². The largest absolute Gasteiger partial charge is 0.465 e. The lowest BCUT2D eigenvalue weighted by atomic mass is 10.3. The summed E-state index contributed by atoms with van der Waals surface area (Å²) in [5, 5.41) is 0. The second-order valence-electron chi connectivity index (χ2n) is 6.37. The fraction of sp³-hybridized carbons (Fsp3) is 0.412. The summed E-state index contributed by atoms with van der Waals surface area (Å²) in [6, 6.07) is 8.23. The topological polar surface area (TPSA) is 96.7 Å². The molecule has 1 atom stereocenters. The number of aryl methyl sites for hydroxylation is 1. The van der Waals surface area contributed by atoms with E-state index in [0.717, 1.165) is 12.8 Å². The van der Waals surface area contributed by atoms with E-state index in [2.05, 4.69) is 4.72 Å². The minimum atomic E-state index is -3.80. The lowest BCUT2D eigenvalue weighted by Crippen LogP contribution is -2.28. The molecule has 26 heavy (non-hydrogen) atoms. The van der Waals surface area contributed by atoms with E-state index < -0.39 is 26.1 Å². The average molecular weight is 399 g/mol. The molecule has 1 aromatic carbocycles. The van der Waals surface area contributed by atoms with Gasteiger partial charge in [-0.1, -0.05) is 0 Å². The maximum absolute atomic E-state index is 12.5. The molecule has 1 aliphatic heterocycles. The fourth-order valence-corrected chi connectivity index (χ4v) is 5.64. The number of benzene rings is 1. The molecule has 7 nitrogen and oxygen atoms in total. The predicted octanol–water partition coefficient (Wildman–Crippen LogP) is 2.41. The molecule has 1 fully saturated rings. The van der Waals surface area contributed by atoms with Crippen molar-refractivity contribution < 1.29 is 21.3 Å². The predicted molar refractivity (Wildman–Crippen MR) is 96.6 cm³/mol. The molecule has 0 amide bonds. The van der Waals surface area contributed by atoms with Gasteiger partial charge in [-0.3, -0.25) is 0 Å². The molecule has 0 bridgehead atoms. The number of sulfonamides is 2. The van der Waals surface area contributed by atoms with Crippen molar-refractivity contribution in [3.63, 3.8) is 0 Å². The van der Waals surface area contributed by atoms with E-state index in [-0.39, 0.29) is 9.79 Å². The Kier molecular flexibility index (Phi) is 5.25. The SMILES string of the molecule is Cc1ccc([C@@H](C)NS(=O)(=O)c2ccc(S(=O)(=O)N3CCCC3)cc2)o1. The molecule has 1 saturated heterocycles. The van der Waals surface area contributed by atoms with Crippen LogP contribution < -0.4 is 4.72 Å². The van der Waals surface area contributed by atoms with E-state index in [9.17, 15) is 16.8 Å². The molecule has 0 radical (unpaired) electrons. The van der Waals surface area contributed by atoms with Crippen molar-refractivity contribution in [1.29, 1.82) is 0 Å². The van der Waals surface area contributed by atoms with Gasteiger partial charge in [-0.05, 0) is 63.1 Å². The van der Waals surface area contributed by atoms with E-state index in [1.807, 2.05) is 0 Å². The summed E-state index contributed by atoms with van der Waals surface area (Å²) in [7, 11) is -7.36. The van der Waals surface area contributed by atoms with Gasteiger partial charge < -0.3 is 4.42 Å². The zero-order valence-corrected chi connectivity index (χ0v) is 16.3. The van der Waals surface area contributed by atoms with Gasteiger partial charge in [-0.25, -0.2) is 21.6 Å². The van der Waals surface area contributed by atoms with Crippen LogP contribution in [0.3, 0.4) is 0 Å². The first kappa shape index (κ1) is 19.1. The summed E-state index contributed by atoms with van der Waals surface area (Å²) in [5.41, 5.74) is 0. The van der Waals surface area contributed by atoms with Crippen LogP contribution in [0.25, 0.3) is 0 Å². The monoisotopic (exact) mass is 398 g/mol. The van der Waals surface area contributed by atoms with E-state index in [1.165, 1.54) is 28.6 Å². The Labute approximate surface area is 154 Å². The molecule has 0 unspecified atom stereocenters. The maximum atomic E-state index is 12.5. The number of hydrogen-bond donors (Lipinski definition) is 1. The fourth-order valence-electron chi connectivity index (χ4n) is 2.91. The first-order valence-electron chi connectivity index (χ1n) is 8.39. The minimum Gasteiger partial charge on any atom is -0.465 e. The van der Waals surface area contributed by atoms with Crippen LogP contribution in [-0.2, 0) is 20.0 Å². The van der Waals surface area contributed by atoms with Crippen molar-refractivity contribution in [2.24, 2.45) is 0 Å². The quantitative estimate of drug-likeness (QED) is 0.806. The number of hydrogen-bond acceptors (Lipinski definition) is 5. The second-order valence-corrected chi connectivity index (χ2v) is 10.0. The highest BCUT2D eigenvalue weighted by Gasteiger charge is 2.28. The van der Waals surface area contributed by atoms with Gasteiger partial charge in [0.1, 0.15) is 11.5 Å². The molecule has 142 valence electrons. The molecular weight excluding hydrogens is 376 g/mol. The molecule has 9 heteroatoms. The standard InChI is InChI=1S/C17H22N2O5S2/c1-13-5-10-17(24-13)14(2)18-25(20,21)15-6-8-16(9-7-15)26(22,23)19-11-3-4-12-19/h5-10,14,18H,3-4,11-12H2,1-2H3/t14-/m1/s1. The van der Waals surface area contributed by atoms with Gasteiger partial charge >= 0.3 is 0 Å². The van der Waals surface area contributed by atoms with Crippen molar-refractivity contribution in [3.05, 3.63) is 47.9 Å². The lowest BCUT2D eigenvalue weighted by molar-refractivity contribution is 0.441. The average Bonchev–Trinajstić information content (AvgIpc) is 3.26. The molecule has 1 aliphatic rings. The molecule has 3 rings (SSSR count). The van der Waals surface area contributed by atoms with Gasteiger partial charge in [-0.15, -0.1) is 0 Å². The maximum Gasteiger partial charge on any atom is 0.243 e. The summed E-state index contributed by atoms with van der Waals surface area (Å²) < 4.78 is 59.5. The van der Waals surface area contributed by atoms with Gasteiger partial charge in [0.2, 0.25) is 20.0 Å². The molecular formula is C17H22N2O5S2. The van der Waals surface area contributed by atoms with Gasteiger partial charge in [-0.2, -0.15) is 4.31 Å². The van der Waals surface area contributed by atoms with Crippen LogP contribution in [0.5, 0.6) is 0 Å². The molecule has 0 saturated carbocycles. The zero-order chi connectivity index (χ0) is 18.9. The smallest absolute Gasteiger partial charge is 0.243 e. The number of nitrogens with zero attached hydrogens (tertiary/aromatic N) is 1. The van der Waals surface area contributed by atoms with Crippen LogP contribution in [-0.4, -0.2) is 34.2 Å². The molecule has 2 heterocycles. The highest BCUT2D eigenvalue weighted by atomic mass is 32.2. The van der Waals surface area contributed by atoms with E-state index in [1.54, 1.807) is 26.0 Å². The molecule has 0 aliphatic carbocycles. The van der Waals surface area contributed by atoms with Crippen molar-refractivity contribution in [1.82, 2.24) is 9.03 Å². The van der Waals surface area contributed by atoms with Gasteiger partial charge in [0.15, 0.2) is 0 Å². The summed E-state index contributed by atoms with van der Waals surface area (Å²) >= 11 is 0. The first-order valence-corrected chi connectivity index (χ1v) is 11.3. The number of furan rings is 1. The van der Waals surface area contributed by atoms with E-state index in [4.69, 9.17) is 4.42 Å². The van der Waals surface area contributed by atoms with E-state index >= 15 is 0 Å². The van der Waals surface area contributed by atoms with Crippen LogP contribution in [0.2, 0.25) is 0 Å². The van der Waals surface area contributed by atoms with Crippen LogP contribution in [0.1, 0.15) is 37.3 Å². The Morgan fingerprint density at radius 3 is 2.08 bits per heavy atom. The summed E-state index contributed by atoms with van der Waals surface area (Å²) in [4.78, 5) is 0.112. The van der Waals surface area contributed by atoms with Crippen LogP contribution in [0.15, 0.2) is 50.6 Å². The van der Waals surface area contributed by atoms with Gasteiger partial charge in [0.25, 0.3) is 0 Å². The van der Waals surface area contributed by atoms with E-state index in [0.29, 0.717) is 24.6 Å². The van der Waals surface area contributed by atoms with Crippen molar-refractivity contribution in [2.75, 3.05) is 13.1 Å². The molecule has 1 aromatic heterocycles. The van der Waals surface area contributed by atoms with Crippen LogP contribution >= 0.6 is 0 Å². The third-order valence-corrected chi connectivity index (χ3v) is 7.83. The van der Waals surface area contributed by atoms with Gasteiger partial charge in [0, 0.05) is 13.1 Å². The Hall–Kier alpha value is -1.68. The minimum absolute atomic E-state index is 0.00741. The Morgan fingerprint density at radius 1 is 0.962 bits per heavy atom. The molecule has 1 N–H and O–H groups in total. The summed E-state index contributed by atoms with van der Waals surface area (Å²) in [5.74, 6) is 1.21. The zero-order valence-electron chi connectivity index (χ0n) is 14.7. The molecule has 2 aromatic rings. The highest BCUT2D eigenvalue weighted by Crippen LogP contribution is 2.23. The van der Waals surface area contributed by atoms with Crippen LogP contribution in [0, 0.1) is 6.92 Å². The summed E-state index contributed by atoms with van der Waals surface area (Å²) in [6.07, 6.45) is 1.69. The lowest BCUT2D eigenvalue weighted by Gasteiger charge is -2.16. The van der Waals surface area contributed by atoms with Crippen molar-refractivity contribution in [3.8, 4) is 0 Å². The Bertz CT molecular complexity index is 972. The Morgan fingerprint density at radius 2 is 1.54 bits per heavy atom. The summed E-state index contributed by atoms with van der Waals surface area (Å²) in [6.45, 7) is 4.47. The first-order chi connectivity index (χ1) is 12.2. The normalized spacial score (nSPS) is 17.5. The second kappa shape index (κ2) is 7.15. The third-order valence-electron chi connectivity index (χ3n) is 4.36. The Balaban J connectivity index is 1.78. The van der Waals surface area contributed by atoms with Gasteiger partial charge in [0.05, 0.1) is 15.8 Å². The molecule has 0 spiro atoms. The number of rotatable bonds is 6. The number of nitrogens with one attached hydrogen (secondary N) is 1. The third kappa shape index (κ3) is 3.85. The highest BCUT2D eigenvalue weighted by molar-refractivity contribution is 7.89. The van der Waals surface area contributed by atoms with Crippen molar-refractivity contribution >= 4 is 20.0 Å². The van der Waals surface area contributed by atoms with Crippen LogP contribution in [0.4, 0.5) is 0 Å².